The van der Waals surface area contributed by atoms with E-state index in [-0.39, 0.29) is 0 Å². The Bertz CT molecular complexity index is 590. The number of hydrogen-bond acceptors (Lipinski definition) is 4. The molecular weight excluding hydrogens is 232 g/mol. The summed E-state index contributed by atoms with van der Waals surface area (Å²) in [7, 11) is 4.46. The fourth-order valence-corrected chi connectivity index (χ4v) is 1.96. The number of hydrogen-bond donors (Lipinski definition) is 0. The van der Waals surface area contributed by atoms with Crippen LogP contribution in [0.5, 0.6) is 11.5 Å². The van der Waals surface area contributed by atoms with E-state index in [1.165, 1.54) is 14.2 Å². The largest absolute Gasteiger partial charge is 0.493 e. The zero-order valence-corrected chi connectivity index (χ0v) is 10.5. The Morgan fingerprint density at radius 3 is 2.22 bits per heavy atom. The predicted molar refractivity (Wildman–Crippen MR) is 68.4 cm³/mol. The summed E-state index contributed by atoms with van der Waals surface area (Å²) < 4.78 is 15.4. The fraction of sp³-hybridized carbons (Fsp3) is 0.214. The second-order valence-corrected chi connectivity index (χ2v) is 3.70. The van der Waals surface area contributed by atoms with Crippen LogP contribution >= 0.6 is 0 Å². The first-order chi connectivity index (χ1) is 8.72. The van der Waals surface area contributed by atoms with Crippen molar-refractivity contribution in [3.8, 4) is 11.5 Å². The standard InChI is InChI=1S/C14H14O4/c1-16-12-8-11(14(15)18-3)9-6-4-5-7-10(9)13(12)17-2/h4-8H,1-3H3. The summed E-state index contributed by atoms with van der Waals surface area (Å²) in [6, 6.07) is 9.10. The van der Waals surface area contributed by atoms with E-state index >= 15 is 0 Å². The monoisotopic (exact) mass is 246 g/mol. The third-order valence-corrected chi connectivity index (χ3v) is 2.79. The van der Waals surface area contributed by atoms with E-state index in [1.54, 1.807) is 13.2 Å². The molecule has 0 atom stereocenters. The third kappa shape index (κ3) is 1.86. The molecule has 2 aromatic carbocycles. The van der Waals surface area contributed by atoms with Crippen LogP contribution in [-0.2, 0) is 4.74 Å². The molecule has 0 radical (unpaired) electrons. The molecule has 2 rings (SSSR count). The molecule has 0 fully saturated rings. The van der Waals surface area contributed by atoms with Crippen LogP contribution in [-0.4, -0.2) is 27.3 Å². The summed E-state index contributed by atoms with van der Waals surface area (Å²) in [5, 5.41) is 1.60. The Balaban J connectivity index is 2.83. The van der Waals surface area contributed by atoms with Crippen LogP contribution in [0.1, 0.15) is 10.4 Å². The van der Waals surface area contributed by atoms with Crippen LogP contribution in [0.15, 0.2) is 30.3 Å². The highest BCUT2D eigenvalue weighted by molar-refractivity contribution is 6.07. The number of benzene rings is 2. The molecule has 0 spiro atoms. The smallest absolute Gasteiger partial charge is 0.338 e. The van der Waals surface area contributed by atoms with Crippen molar-refractivity contribution in [1.29, 1.82) is 0 Å². The summed E-state index contributed by atoms with van der Waals surface area (Å²) in [5.74, 6) is 0.726. The molecule has 2 aromatic rings. The SMILES string of the molecule is COC(=O)c1cc(OC)c(OC)c2ccccc12. The summed E-state index contributed by atoms with van der Waals surface area (Å²) in [6.07, 6.45) is 0. The summed E-state index contributed by atoms with van der Waals surface area (Å²) in [6.45, 7) is 0. The number of ether oxygens (including phenoxy) is 3. The molecule has 0 amide bonds. The minimum absolute atomic E-state index is 0.396. The van der Waals surface area contributed by atoms with Crippen LogP contribution in [0.4, 0.5) is 0 Å². The molecule has 18 heavy (non-hydrogen) atoms. The van der Waals surface area contributed by atoms with Crippen LogP contribution in [0.3, 0.4) is 0 Å². The van der Waals surface area contributed by atoms with E-state index in [2.05, 4.69) is 0 Å². The van der Waals surface area contributed by atoms with Crippen molar-refractivity contribution in [2.24, 2.45) is 0 Å². The lowest BCUT2D eigenvalue weighted by molar-refractivity contribution is 0.0602. The third-order valence-electron chi connectivity index (χ3n) is 2.79. The van der Waals surface area contributed by atoms with E-state index < -0.39 is 5.97 Å². The molecule has 0 unspecified atom stereocenters. The predicted octanol–water partition coefficient (Wildman–Crippen LogP) is 2.64. The van der Waals surface area contributed by atoms with Crippen LogP contribution < -0.4 is 9.47 Å². The molecule has 0 saturated heterocycles. The second kappa shape index (κ2) is 4.96. The minimum Gasteiger partial charge on any atom is -0.493 e. The maximum atomic E-state index is 11.8. The van der Waals surface area contributed by atoms with Crippen molar-refractivity contribution in [3.05, 3.63) is 35.9 Å². The fourth-order valence-electron chi connectivity index (χ4n) is 1.96. The second-order valence-electron chi connectivity index (χ2n) is 3.70. The zero-order chi connectivity index (χ0) is 13.1. The van der Waals surface area contributed by atoms with Crippen molar-refractivity contribution in [1.82, 2.24) is 0 Å². The van der Waals surface area contributed by atoms with Gasteiger partial charge in [-0.2, -0.15) is 0 Å². The highest BCUT2D eigenvalue weighted by atomic mass is 16.5. The molecule has 4 nitrogen and oxygen atoms in total. The number of carbonyl (C=O) groups excluding carboxylic acids is 1. The first-order valence-corrected chi connectivity index (χ1v) is 5.45. The van der Waals surface area contributed by atoms with E-state index in [4.69, 9.17) is 14.2 Å². The van der Waals surface area contributed by atoms with Gasteiger partial charge in [-0.05, 0) is 6.07 Å². The Labute approximate surface area is 105 Å². The summed E-state index contributed by atoms with van der Waals surface area (Å²) >= 11 is 0. The van der Waals surface area contributed by atoms with Crippen LogP contribution in [0.25, 0.3) is 10.8 Å². The van der Waals surface area contributed by atoms with Gasteiger partial charge in [-0.1, -0.05) is 24.3 Å². The Morgan fingerprint density at radius 2 is 1.67 bits per heavy atom. The van der Waals surface area contributed by atoms with Gasteiger partial charge in [-0.25, -0.2) is 4.79 Å². The summed E-state index contributed by atoms with van der Waals surface area (Å²) in [4.78, 5) is 11.8. The normalized spacial score (nSPS) is 10.2. The van der Waals surface area contributed by atoms with Crippen molar-refractivity contribution in [2.45, 2.75) is 0 Å². The van der Waals surface area contributed by atoms with Crippen LogP contribution in [0.2, 0.25) is 0 Å². The molecule has 0 aliphatic heterocycles. The molecule has 4 heteroatoms. The number of carbonyl (C=O) groups is 1. The van der Waals surface area contributed by atoms with E-state index in [9.17, 15) is 4.79 Å². The molecule has 94 valence electrons. The quantitative estimate of drug-likeness (QED) is 0.781. The molecule has 0 heterocycles. The van der Waals surface area contributed by atoms with Gasteiger partial charge in [0.05, 0.1) is 26.9 Å². The first kappa shape index (κ1) is 12.2. The van der Waals surface area contributed by atoms with Crippen molar-refractivity contribution >= 4 is 16.7 Å². The zero-order valence-electron chi connectivity index (χ0n) is 10.5. The average molecular weight is 246 g/mol. The van der Waals surface area contributed by atoms with Gasteiger partial charge in [-0.3, -0.25) is 0 Å². The lowest BCUT2D eigenvalue weighted by atomic mass is 10.0. The van der Waals surface area contributed by atoms with Gasteiger partial charge in [0, 0.05) is 10.8 Å². The molecule has 0 aliphatic carbocycles. The molecule has 0 aliphatic rings. The van der Waals surface area contributed by atoms with E-state index in [1.807, 2.05) is 24.3 Å². The van der Waals surface area contributed by atoms with Crippen LogP contribution in [0, 0.1) is 0 Å². The molecular formula is C14H14O4. The number of esters is 1. The van der Waals surface area contributed by atoms with Gasteiger partial charge < -0.3 is 14.2 Å². The van der Waals surface area contributed by atoms with Gasteiger partial charge in [0.15, 0.2) is 11.5 Å². The van der Waals surface area contributed by atoms with Gasteiger partial charge in [0.2, 0.25) is 0 Å². The van der Waals surface area contributed by atoms with E-state index in [0.717, 1.165) is 10.8 Å². The Hall–Kier alpha value is -2.23. The lowest BCUT2D eigenvalue weighted by Crippen LogP contribution is -2.04. The Kier molecular flexibility index (Phi) is 3.37. The maximum absolute atomic E-state index is 11.8. The van der Waals surface area contributed by atoms with Crippen molar-refractivity contribution in [2.75, 3.05) is 21.3 Å². The molecule has 0 N–H and O–H groups in total. The lowest BCUT2D eigenvalue weighted by Gasteiger charge is -2.13. The summed E-state index contributed by atoms with van der Waals surface area (Å²) in [5.41, 5.74) is 0.464. The Morgan fingerprint density at radius 1 is 1.00 bits per heavy atom. The topological polar surface area (TPSA) is 44.8 Å². The van der Waals surface area contributed by atoms with Gasteiger partial charge in [0.25, 0.3) is 0 Å². The highest BCUT2D eigenvalue weighted by Gasteiger charge is 2.17. The minimum atomic E-state index is -0.396. The van der Waals surface area contributed by atoms with Gasteiger partial charge >= 0.3 is 5.97 Å². The first-order valence-electron chi connectivity index (χ1n) is 5.45. The van der Waals surface area contributed by atoms with Crippen molar-refractivity contribution < 1.29 is 19.0 Å². The number of rotatable bonds is 3. The highest BCUT2D eigenvalue weighted by Crippen LogP contribution is 2.37. The van der Waals surface area contributed by atoms with Gasteiger partial charge in [-0.15, -0.1) is 0 Å². The van der Waals surface area contributed by atoms with Gasteiger partial charge in [0.1, 0.15) is 0 Å². The molecule has 0 bridgehead atoms. The van der Waals surface area contributed by atoms with E-state index in [0.29, 0.717) is 17.1 Å². The maximum Gasteiger partial charge on any atom is 0.338 e. The average Bonchev–Trinajstić information content (AvgIpc) is 2.44. The molecule has 0 aromatic heterocycles. The van der Waals surface area contributed by atoms with Crippen molar-refractivity contribution in [3.63, 3.8) is 0 Å². The number of methoxy groups -OCH3 is 3. The number of fused-ring (bicyclic) bond motifs is 1. The molecule has 0 saturated carbocycles.